The smallest absolute Gasteiger partial charge is 0.242 e. The molecule has 0 spiro atoms. The van der Waals surface area contributed by atoms with Crippen LogP contribution in [0, 0.1) is 0 Å². The molecular formula is C22H27ClN2O4. The first-order valence-corrected chi connectivity index (χ1v) is 9.74. The average molecular weight is 419 g/mol. The minimum Gasteiger partial charge on any atom is -0.493 e. The van der Waals surface area contributed by atoms with Crippen molar-refractivity contribution in [3.63, 3.8) is 0 Å². The van der Waals surface area contributed by atoms with Gasteiger partial charge in [0, 0.05) is 25.0 Å². The van der Waals surface area contributed by atoms with E-state index in [0.29, 0.717) is 22.9 Å². The molecule has 0 aromatic heterocycles. The molecule has 0 radical (unpaired) electrons. The van der Waals surface area contributed by atoms with E-state index >= 15 is 0 Å². The summed E-state index contributed by atoms with van der Waals surface area (Å²) < 4.78 is 10.6. The minimum atomic E-state index is -0.617. The predicted octanol–water partition coefficient (Wildman–Crippen LogP) is 3.45. The van der Waals surface area contributed by atoms with E-state index in [1.807, 2.05) is 36.4 Å². The second kappa shape index (κ2) is 10.7. The quantitative estimate of drug-likeness (QED) is 0.677. The van der Waals surface area contributed by atoms with Crippen LogP contribution in [0.1, 0.15) is 24.5 Å². The van der Waals surface area contributed by atoms with Gasteiger partial charge in [0.2, 0.25) is 11.8 Å². The van der Waals surface area contributed by atoms with Crippen LogP contribution in [0.4, 0.5) is 0 Å². The number of methoxy groups -OCH3 is 2. The van der Waals surface area contributed by atoms with Gasteiger partial charge in [0.25, 0.3) is 0 Å². The van der Waals surface area contributed by atoms with Crippen LogP contribution in [-0.4, -0.2) is 44.0 Å². The largest absolute Gasteiger partial charge is 0.493 e. The van der Waals surface area contributed by atoms with Crippen molar-refractivity contribution in [2.75, 3.05) is 21.3 Å². The molecule has 29 heavy (non-hydrogen) atoms. The molecule has 0 heterocycles. The topological polar surface area (TPSA) is 67.9 Å². The number of halogens is 1. The van der Waals surface area contributed by atoms with Crippen molar-refractivity contribution in [1.82, 2.24) is 10.2 Å². The van der Waals surface area contributed by atoms with E-state index in [0.717, 1.165) is 11.1 Å². The molecule has 2 rings (SSSR count). The molecule has 2 aromatic carbocycles. The highest BCUT2D eigenvalue weighted by atomic mass is 35.5. The third kappa shape index (κ3) is 5.87. The fraction of sp³-hybridized carbons (Fsp3) is 0.364. The number of benzene rings is 2. The Bertz CT molecular complexity index is 856. The van der Waals surface area contributed by atoms with Crippen LogP contribution in [-0.2, 0) is 22.6 Å². The first-order chi connectivity index (χ1) is 13.9. The number of likely N-dealkylation sites (N-methyl/N-ethyl adjacent to an activating group) is 1. The fourth-order valence-corrected chi connectivity index (χ4v) is 3.23. The molecule has 2 aromatic rings. The van der Waals surface area contributed by atoms with Gasteiger partial charge < -0.3 is 19.7 Å². The summed E-state index contributed by atoms with van der Waals surface area (Å²) in [5.74, 6) is 0.896. The number of aryl methyl sites for hydroxylation is 1. The number of nitrogens with one attached hydrogen (secondary N) is 1. The molecule has 0 fully saturated rings. The second-order valence-electron chi connectivity index (χ2n) is 6.59. The minimum absolute atomic E-state index is 0.129. The van der Waals surface area contributed by atoms with E-state index < -0.39 is 6.04 Å². The van der Waals surface area contributed by atoms with Gasteiger partial charge in [0.15, 0.2) is 11.5 Å². The van der Waals surface area contributed by atoms with Gasteiger partial charge in [-0.2, -0.15) is 0 Å². The van der Waals surface area contributed by atoms with Crippen LogP contribution >= 0.6 is 11.6 Å². The zero-order valence-electron chi connectivity index (χ0n) is 17.2. The van der Waals surface area contributed by atoms with Crippen LogP contribution in [0.25, 0.3) is 0 Å². The van der Waals surface area contributed by atoms with Gasteiger partial charge in [-0.1, -0.05) is 35.9 Å². The third-order valence-corrected chi connectivity index (χ3v) is 5.16. The van der Waals surface area contributed by atoms with Crippen molar-refractivity contribution in [3.05, 3.63) is 58.6 Å². The first-order valence-electron chi connectivity index (χ1n) is 9.36. The van der Waals surface area contributed by atoms with Crippen LogP contribution < -0.4 is 14.8 Å². The highest BCUT2D eigenvalue weighted by Gasteiger charge is 2.25. The van der Waals surface area contributed by atoms with Gasteiger partial charge in [0.1, 0.15) is 6.04 Å². The Kier molecular flexibility index (Phi) is 8.34. The maximum Gasteiger partial charge on any atom is 0.242 e. The van der Waals surface area contributed by atoms with Gasteiger partial charge in [-0.15, -0.1) is 0 Å². The molecule has 0 bridgehead atoms. The number of rotatable bonds is 9. The van der Waals surface area contributed by atoms with Crippen molar-refractivity contribution in [1.29, 1.82) is 0 Å². The number of ether oxygens (including phenoxy) is 2. The maximum atomic E-state index is 13.0. The van der Waals surface area contributed by atoms with E-state index in [1.165, 1.54) is 0 Å². The van der Waals surface area contributed by atoms with Gasteiger partial charge >= 0.3 is 0 Å². The monoisotopic (exact) mass is 418 g/mol. The fourth-order valence-electron chi connectivity index (χ4n) is 3.03. The molecule has 0 aliphatic rings. The van der Waals surface area contributed by atoms with E-state index in [9.17, 15) is 9.59 Å². The molecule has 7 heteroatoms. The van der Waals surface area contributed by atoms with Gasteiger partial charge in [-0.3, -0.25) is 9.59 Å². The molecule has 0 saturated carbocycles. The molecule has 1 atom stereocenters. The number of carbonyl (C=O) groups is 2. The molecule has 156 valence electrons. The first kappa shape index (κ1) is 22.6. The molecule has 0 unspecified atom stereocenters. The summed E-state index contributed by atoms with van der Waals surface area (Å²) in [6.45, 7) is 1.98. The lowest BCUT2D eigenvalue weighted by atomic mass is 10.1. The summed E-state index contributed by atoms with van der Waals surface area (Å²) >= 11 is 6.26. The molecule has 6 nitrogen and oxygen atoms in total. The average Bonchev–Trinajstić information content (AvgIpc) is 2.75. The standard InChI is InChI=1S/C22H27ClN2O4/c1-15(22(27)24-2)25(14-17-7-5-6-8-18(17)23)21(26)12-10-16-9-11-19(28-3)20(13-16)29-4/h5-9,11,13,15H,10,12,14H2,1-4H3,(H,24,27)/t15-/m0/s1. The van der Waals surface area contributed by atoms with E-state index in [4.69, 9.17) is 21.1 Å². The normalized spacial score (nSPS) is 11.5. The van der Waals surface area contributed by atoms with Crippen LogP contribution in [0.5, 0.6) is 11.5 Å². The lowest BCUT2D eigenvalue weighted by Gasteiger charge is -2.28. The third-order valence-electron chi connectivity index (χ3n) is 4.79. The maximum absolute atomic E-state index is 13.0. The van der Waals surface area contributed by atoms with E-state index in [2.05, 4.69) is 5.32 Å². The van der Waals surface area contributed by atoms with E-state index in [1.54, 1.807) is 39.2 Å². The van der Waals surface area contributed by atoms with Gasteiger partial charge in [0.05, 0.1) is 14.2 Å². The molecule has 0 saturated heterocycles. The summed E-state index contributed by atoms with van der Waals surface area (Å²) in [6, 6.07) is 12.3. The van der Waals surface area contributed by atoms with E-state index in [-0.39, 0.29) is 24.8 Å². The van der Waals surface area contributed by atoms with Crippen LogP contribution in [0.3, 0.4) is 0 Å². The Balaban J connectivity index is 2.16. The number of hydrogen-bond donors (Lipinski definition) is 1. The summed E-state index contributed by atoms with van der Waals surface area (Å²) in [5.41, 5.74) is 1.74. The van der Waals surface area contributed by atoms with Crippen molar-refractivity contribution >= 4 is 23.4 Å². The zero-order chi connectivity index (χ0) is 21.4. The van der Waals surface area contributed by atoms with Crippen molar-refractivity contribution in [2.24, 2.45) is 0 Å². The second-order valence-corrected chi connectivity index (χ2v) is 7.00. The number of nitrogens with zero attached hydrogens (tertiary/aromatic N) is 1. The molecule has 0 aliphatic heterocycles. The van der Waals surface area contributed by atoms with Crippen LogP contribution in [0.2, 0.25) is 5.02 Å². The highest BCUT2D eigenvalue weighted by Crippen LogP contribution is 2.28. The predicted molar refractivity (Wildman–Crippen MR) is 113 cm³/mol. The zero-order valence-corrected chi connectivity index (χ0v) is 18.0. The number of carbonyl (C=O) groups excluding carboxylic acids is 2. The molecular weight excluding hydrogens is 392 g/mol. The Hall–Kier alpha value is -2.73. The molecule has 2 amide bonds. The van der Waals surface area contributed by atoms with Crippen molar-refractivity contribution in [2.45, 2.75) is 32.4 Å². The Labute approximate surface area is 176 Å². The lowest BCUT2D eigenvalue weighted by Crippen LogP contribution is -2.46. The Morgan fingerprint density at radius 2 is 1.79 bits per heavy atom. The number of amides is 2. The molecule has 1 N–H and O–H groups in total. The SMILES string of the molecule is CNC(=O)[C@H](C)N(Cc1ccccc1Cl)C(=O)CCc1ccc(OC)c(OC)c1. The van der Waals surface area contributed by atoms with Crippen molar-refractivity contribution < 1.29 is 19.1 Å². The lowest BCUT2D eigenvalue weighted by molar-refractivity contribution is -0.140. The Morgan fingerprint density at radius 3 is 2.41 bits per heavy atom. The summed E-state index contributed by atoms with van der Waals surface area (Å²) in [5, 5.41) is 3.17. The summed E-state index contributed by atoms with van der Waals surface area (Å²) in [4.78, 5) is 26.8. The number of hydrogen-bond acceptors (Lipinski definition) is 4. The summed E-state index contributed by atoms with van der Waals surface area (Å²) in [6.07, 6.45) is 0.764. The highest BCUT2D eigenvalue weighted by molar-refractivity contribution is 6.31. The van der Waals surface area contributed by atoms with Crippen molar-refractivity contribution in [3.8, 4) is 11.5 Å². The van der Waals surface area contributed by atoms with Crippen LogP contribution in [0.15, 0.2) is 42.5 Å². The van der Waals surface area contributed by atoms with Gasteiger partial charge in [-0.05, 0) is 42.7 Å². The Morgan fingerprint density at radius 1 is 1.10 bits per heavy atom. The van der Waals surface area contributed by atoms with Gasteiger partial charge in [-0.25, -0.2) is 0 Å². The summed E-state index contributed by atoms with van der Waals surface area (Å²) in [7, 11) is 4.71. The molecule has 0 aliphatic carbocycles.